The van der Waals surface area contributed by atoms with E-state index in [2.05, 4.69) is 24.0 Å². The highest BCUT2D eigenvalue weighted by molar-refractivity contribution is 5.80. The molecule has 1 saturated heterocycles. The molecule has 2 aromatic heterocycles. The van der Waals surface area contributed by atoms with E-state index in [4.69, 9.17) is 9.51 Å². The maximum Gasteiger partial charge on any atom is 0.439 e. The summed E-state index contributed by atoms with van der Waals surface area (Å²) < 4.78 is 6.48. The monoisotopic (exact) mass is 581 g/mol. The molecule has 0 radical (unpaired) electrons. The van der Waals surface area contributed by atoms with Crippen LogP contribution in [-0.2, 0) is 17.8 Å². The lowest BCUT2D eigenvalue weighted by Crippen LogP contribution is -2.36. The van der Waals surface area contributed by atoms with Gasteiger partial charge in [-0.3, -0.25) is 23.7 Å². The van der Waals surface area contributed by atoms with E-state index in [-0.39, 0.29) is 23.8 Å². The van der Waals surface area contributed by atoms with Gasteiger partial charge in [-0.15, -0.1) is 0 Å². The number of hydrogen-bond acceptors (Lipinski definition) is 6. The second kappa shape index (κ2) is 12.1. The summed E-state index contributed by atoms with van der Waals surface area (Å²) in [5, 5.41) is 3.85. The molecule has 3 atom stereocenters. The molecule has 0 bridgehead atoms. The number of amides is 1. The summed E-state index contributed by atoms with van der Waals surface area (Å²) >= 11 is 0. The summed E-state index contributed by atoms with van der Waals surface area (Å²) in [5.74, 6) is 1.86. The first kappa shape index (κ1) is 28.8. The second-order valence-corrected chi connectivity index (χ2v) is 12.2. The molecular formula is C34H39N5O4. The van der Waals surface area contributed by atoms with E-state index in [1.807, 2.05) is 60.4 Å². The summed E-state index contributed by atoms with van der Waals surface area (Å²) in [7, 11) is 0. The lowest BCUT2D eigenvalue weighted by Gasteiger charge is -2.22. The van der Waals surface area contributed by atoms with Crippen molar-refractivity contribution in [2.24, 2.45) is 11.8 Å². The van der Waals surface area contributed by atoms with Crippen molar-refractivity contribution in [1.82, 2.24) is 24.6 Å². The SMILES string of the molecule is CCC(C)c1nc(C)c(CC(=O)N2CC3CCCCC3C2)c(=O)n1Cc1ccc(-c2ccccc2-c2noc(=O)[nH]2)cc1. The number of aromatic nitrogens is 4. The topological polar surface area (TPSA) is 114 Å². The summed E-state index contributed by atoms with van der Waals surface area (Å²) in [5.41, 5.74) is 4.57. The number of carbonyl (C=O) groups excluding carboxylic acids is 1. The molecule has 43 heavy (non-hydrogen) atoms. The lowest BCUT2D eigenvalue weighted by molar-refractivity contribution is -0.129. The van der Waals surface area contributed by atoms with Gasteiger partial charge >= 0.3 is 5.76 Å². The van der Waals surface area contributed by atoms with E-state index >= 15 is 0 Å². The highest BCUT2D eigenvalue weighted by Gasteiger charge is 2.36. The van der Waals surface area contributed by atoms with Crippen LogP contribution in [0.5, 0.6) is 0 Å². The standard InChI is InChI=1S/C34H39N5O4/c1-4-21(2)32-35-22(3)29(17-30(40)38-19-25-9-5-6-10-26(25)20-38)33(41)39(32)18-23-13-15-24(16-14-23)27-11-7-8-12-28(27)31-36-34(42)43-37-31/h7-8,11-16,21,25-26H,4-6,9-10,17-20H2,1-3H3,(H,36,37,42). The third-order valence-electron chi connectivity index (χ3n) is 9.44. The Balaban J connectivity index is 1.28. The fourth-order valence-electron chi connectivity index (χ4n) is 6.77. The van der Waals surface area contributed by atoms with Crippen molar-refractivity contribution in [3.05, 3.63) is 92.1 Å². The van der Waals surface area contributed by atoms with Gasteiger partial charge in [-0.25, -0.2) is 9.78 Å². The van der Waals surface area contributed by atoms with Crippen molar-refractivity contribution in [1.29, 1.82) is 0 Å². The molecule has 4 aromatic rings. The highest BCUT2D eigenvalue weighted by Crippen LogP contribution is 2.36. The van der Waals surface area contributed by atoms with Crippen molar-refractivity contribution in [2.45, 2.75) is 71.8 Å². The van der Waals surface area contributed by atoms with Crippen LogP contribution in [0, 0.1) is 18.8 Å². The van der Waals surface area contributed by atoms with Crippen molar-refractivity contribution in [2.75, 3.05) is 13.1 Å². The van der Waals surface area contributed by atoms with E-state index < -0.39 is 5.76 Å². The molecule has 0 spiro atoms. The van der Waals surface area contributed by atoms with Crippen molar-refractivity contribution < 1.29 is 9.32 Å². The maximum atomic E-state index is 14.0. The average molecular weight is 582 g/mol. The molecule has 1 aliphatic carbocycles. The third-order valence-corrected chi connectivity index (χ3v) is 9.44. The smallest absolute Gasteiger partial charge is 0.342 e. The van der Waals surface area contributed by atoms with E-state index in [0.29, 0.717) is 35.5 Å². The number of aromatic amines is 1. The first-order chi connectivity index (χ1) is 20.8. The predicted molar refractivity (Wildman–Crippen MR) is 165 cm³/mol. The predicted octanol–water partition coefficient (Wildman–Crippen LogP) is 5.31. The van der Waals surface area contributed by atoms with Crippen LogP contribution in [0.1, 0.15) is 74.5 Å². The van der Waals surface area contributed by atoms with Gasteiger partial charge in [-0.05, 0) is 54.7 Å². The molecule has 2 aromatic carbocycles. The van der Waals surface area contributed by atoms with Crippen LogP contribution in [0.2, 0.25) is 0 Å². The van der Waals surface area contributed by atoms with Crippen molar-refractivity contribution in [3.8, 4) is 22.5 Å². The molecule has 1 amide bonds. The highest BCUT2D eigenvalue weighted by atomic mass is 16.5. The minimum Gasteiger partial charge on any atom is -0.342 e. The number of nitrogens with one attached hydrogen (secondary N) is 1. The summed E-state index contributed by atoms with van der Waals surface area (Å²) in [6.45, 7) is 8.03. The van der Waals surface area contributed by atoms with Gasteiger partial charge in [0.2, 0.25) is 5.91 Å². The third kappa shape index (κ3) is 5.85. The minimum atomic E-state index is -0.603. The normalized spacial score (nSPS) is 18.9. The van der Waals surface area contributed by atoms with Crippen LogP contribution in [0.15, 0.2) is 62.6 Å². The zero-order chi connectivity index (χ0) is 30.1. The Morgan fingerprint density at radius 1 is 1.02 bits per heavy atom. The molecule has 1 saturated carbocycles. The molecule has 1 aliphatic heterocycles. The van der Waals surface area contributed by atoms with Gasteiger partial charge in [-0.1, -0.05) is 80.4 Å². The van der Waals surface area contributed by atoms with Gasteiger partial charge in [0.1, 0.15) is 5.82 Å². The number of rotatable bonds is 8. The van der Waals surface area contributed by atoms with Gasteiger partial charge in [0, 0.05) is 35.8 Å². The first-order valence-corrected chi connectivity index (χ1v) is 15.4. The molecule has 6 rings (SSSR count). The molecule has 3 heterocycles. The summed E-state index contributed by atoms with van der Waals surface area (Å²) in [4.78, 5) is 48.5. The number of benzene rings is 2. The van der Waals surface area contributed by atoms with Crippen LogP contribution in [0.3, 0.4) is 0 Å². The van der Waals surface area contributed by atoms with Gasteiger partial charge in [0.05, 0.1) is 13.0 Å². The van der Waals surface area contributed by atoms with E-state index in [0.717, 1.165) is 47.6 Å². The molecule has 2 fully saturated rings. The Hall–Kier alpha value is -4.27. The van der Waals surface area contributed by atoms with Gasteiger partial charge in [0.15, 0.2) is 5.82 Å². The van der Waals surface area contributed by atoms with E-state index in [9.17, 15) is 14.4 Å². The first-order valence-electron chi connectivity index (χ1n) is 15.4. The zero-order valence-corrected chi connectivity index (χ0v) is 25.1. The number of aryl methyl sites for hydroxylation is 1. The Morgan fingerprint density at radius 2 is 1.70 bits per heavy atom. The average Bonchev–Trinajstić information content (AvgIpc) is 3.67. The number of nitrogens with zero attached hydrogens (tertiary/aromatic N) is 4. The Morgan fingerprint density at radius 3 is 2.33 bits per heavy atom. The van der Waals surface area contributed by atoms with Gasteiger partial charge in [-0.2, -0.15) is 0 Å². The fourth-order valence-corrected chi connectivity index (χ4v) is 6.77. The Labute approximate surface area is 251 Å². The number of hydrogen-bond donors (Lipinski definition) is 1. The minimum absolute atomic E-state index is 0.0377. The summed E-state index contributed by atoms with van der Waals surface area (Å²) in [6, 6.07) is 15.7. The largest absolute Gasteiger partial charge is 0.439 e. The lowest BCUT2D eigenvalue weighted by atomic mass is 9.82. The van der Waals surface area contributed by atoms with Crippen LogP contribution >= 0.6 is 0 Å². The van der Waals surface area contributed by atoms with Gasteiger partial charge in [0.25, 0.3) is 5.56 Å². The Bertz CT molecular complexity index is 1720. The van der Waals surface area contributed by atoms with Crippen LogP contribution in [-0.4, -0.2) is 43.6 Å². The van der Waals surface area contributed by atoms with E-state index in [1.165, 1.54) is 25.7 Å². The summed E-state index contributed by atoms with van der Waals surface area (Å²) in [6.07, 6.45) is 5.86. The molecule has 224 valence electrons. The van der Waals surface area contributed by atoms with Crippen LogP contribution < -0.4 is 11.3 Å². The quantitative estimate of drug-likeness (QED) is 0.302. The fraction of sp³-hybridized carbons (Fsp3) is 0.441. The molecule has 9 heteroatoms. The number of H-pyrrole nitrogens is 1. The Kier molecular flexibility index (Phi) is 8.15. The maximum absolute atomic E-state index is 14.0. The van der Waals surface area contributed by atoms with E-state index in [1.54, 1.807) is 4.57 Å². The number of fused-ring (bicyclic) bond motifs is 1. The number of carbonyl (C=O) groups is 1. The van der Waals surface area contributed by atoms with Crippen LogP contribution in [0.25, 0.3) is 22.5 Å². The molecular weight excluding hydrogens is 542 g/mol. The van der Waals surface area contributed by atoms with Crippen LogP contribution in [0.4, 0.5) is 0 Å². The second-order valence-electron chi connectivity index (χ2n) is 12.2. The molecule has 9 nitrogen and oxygen atoms in total. The zero-order valence-electron chi connectivity index (χ0n) is 25.1. The molecule has 3 unspecified atom stereocenters. The number of likely N-dealkylation sites (tertiary alicyclic amines) is 1. The molecule has 2 aliphatic rings. The van der Waals surface area contributed by atoms with Crippen molar-refractivity contribution in [3.63, 3.8) is 0 Å². The van der Waals surface area contributed by atoms with Gasteiger partial charge < -0.3 is 4.90 Å². The molecule has 1 N–H and O–H groups in total. The van der Waals surface area contributed by atoms with Crippen molar-refractivity contribution >= 4 is 5.91 Å².